The number of rotatable bonds is 6. The fraction of sp³-hybridized carbons (Fsp3) is 0.227. The molecule has 31 heavy (non-hydrogen) atoms. The summed E-state index contributed by atoms with van der Waals surface area (Å²) < 4.78 is 11.7. The molecule has 0 unspecified atom stereocenters. The van der Waals surface area contributed by atoms with E-state index in [-0.39, 0.29) is 23.8 Å². The maximum atomic E-state index is 12.6. The molecule has 2 heterocycles. The van der Waals surface area contributed by atoms with Crippen molar-refractivity contribution in [2.45, 2.75) is 19.4 Å². The lowest BCUT2D eigenvalue weighted by atomic mass is 10.1. The highest BCUT2D eigenvalue weighted by Gasteiger charge is 2.19. The van der Waals surface area contributed by atoms with Crippen molar-refractivity contribution in [1.82, 2.24) is 25.2 Å². The smallest absolute Gasteiger partial charge is 0.274 e. The van der Waals surface area contributed by atoms with Gasteiger partial charge in [-0.15, -0.1) is 0 Å². The normalized spacial score (nSPS) is 12.0. The Bertz CT molecular complexity index is 1290. The average molecular weight is 419 g/mol. The molecule has 0 aliphatic rings. The fourth-order valence-electron chi connectivity index (χ4n) is 3.28. The Hall–Kier alpha value is -4.01. The molecule has 2 aromatic carbocycles. The van der Waals surface area contributed by atoms with Gasteiger partial charge in [-0.2, -0.15) is 10.1 Å². The van der Waals surface area contributed by atoms with Gasteiger partial charge in [0.2, 0.25) is 17.6 Å². The molecule has 0 aliphatic carbocycles. The van der Waals surface area contributed by atoms with Gasteiger partial charge in [0.15, 0.2) is 0 Å². The molecule has 9 nitrogen and oxygen atoms in total. The minimum Gasteiger partial charge on any atom is -0.497 e. The van der Waals surface area contributed by atoms with E-state index in [9.17, 15) is 9.59 Å². The van der Waals surface area contributed by atoms with Crippen LogP contribution >= 0.6 is 0 Å². The van der Waals surface area contributed by atoms with Crippen molar-refractivity contribution in [1.29, 1.82) is 0 Å². The van der Waals surface area contributed by atoms with E-state index in [1.807, 2.05) is 18.2 Å². The second-order valence-corrected chi connectivity index (χ2v) is 7.07. The van der Waals surface area contributed by atoms with E-state index in [0.717, 1.165) is 11.3 Å². The first kappa shape index (κ1) is 20.3. The molecule has 0 aliphatic heterocycles. The van der Waals surface area contributed by atoms with Crippen LogP contribution in [0.4, 0.5) is 0 Å². The van der Waals surface area contributed by atoms with Gasteiger partial charge in [0.25, 0.3) is 5.56 Å². The van der Waals surface area contributed by atoms with Crippen molar-refractivity contribution in [3.8, 4) is 17.1 Å². The van der Waals surface area contributed by atoms with Crippen molar-refractivity contribution in [2.75, 3.05) is 7.11 Å². The van der Waals surface area contributed by atoms with Crippen molar-refractivity contribution in [3.63, 3.8) is 0 Å². The maximum absolute atomic E-state index is 12.6. The molecule has 0 fully saturated rings. The standard InChI is InChI=1S/C22H21N5O4/c1-13(21-24-20(26-31-21)14-8-10-15(30-3)11-9-14)23-19(28)12-18-16-6-4-5-7-17(16)22(29)27(2)25-18/h4-11,13H,12H2,1-3H3,(H,23,28)/t13-/m0/s1. The molecule has 4 rings (SSSR count). The van der Waals surface area contributed by atoms with Crippen LogP contribution in [-0.2, 0) is 18.3 Å². The summed E-state index contributed by atoms with van der Waals surface area (Å²) >= 11 is 0. The highest BCUT2D eigenvalue weighted by molar-refractivity contribution is 5.88. The third-order valence-corrected chi connectivity index (χ3v) is 4.90. The van der Waals surface area contributed by atoms with Crippen LogP contribution in [0.5, 0.6) is 5.75 Å². The van der Waals surface area contributed by atoms with E-state index in [0.29, 0.717) is 22.3 Å². The first-order valence-corrected chi connectivity index (χ1v) is 9.68. The van der Waals surface area contributed by atoms with Gasteiger partial charge in [0.05, 0.1) is 24.6 Å². The third-order valence-electron chi connectivity index (χ3n) is 4.90. The van der Waals surface area contributed by atoms with E-state index in [1.54, 1.807) is 51.4 Å². The minimum absolute atomic E-state index is 0.0123. The van der Waals surface area contributed by atoms with Crippen LogP contribution in [0.25, 0.3) is 22.2 Å². The van der Waals surface area contributed by atoms with Gasteiger partial charge in [0.1, 0.15) is 11.8 Å². The summed E-state index contributed by atoms with van der Waals surface area (Å²) in [5.41, 5.74) is 1.09. The molecule has 0 radical (unpaired) electrons. The van der Waals surface area contributed by atoms with Gasteiger partial charge >= 0.3 is 0 Å². The first-order valence-electron chi connectivity index (χ1n) is 9.68. The number of nitrogens with zero attached hydrogens (tertiary/aromatic N) is 4. The van der Waals surface area contributed by atoms with Crippen LogP contribution in [0.3, 0.4) is 0 Å². The van der Waals surface area contributed by atoms with Gasteiger partial charge < -0.3 is 14.6 Å². The van der Waals surface area contributed by atoms with Crippen molar-refractivity contribution >= 4 is 16.7 Å². The summed E-state index contributed by atoms with van der Waals surface area (Å²) in [4.78, 5) is 29.3. The van der Waals surface area contributed by atoms with Crippen molar-refractivity contribution in [2.24, 2.45) is 7.05 Å². The molecular formula is C22H21N5O4. The molecule has 0 spiro atoms. The molecule has 158 valence electrons. The predicted molar refractivity (Wildman–Crippen MR) is 114 cm³/mol. The Kier molecular flexibility index (Phi) is 5.48. The lowest BCUT2D eigenvalue weighted by molar-refractivity contribution is -0.121. The molecule has 1 amide bonds. The molecule has 4 aromatic rings. The molecule has 1 atom stereocenters. The number of methoxy groups -OCH3 is 1. The molecule has 2 aromatic heterocycles. The number of ether oxygens (including phenoxy) is 1. The summed E-state index contributed by atoms with van der Waals surface area (Å²) in [5, 5.41) is 12.3. The number of hydrogen-bond donors (Lipinski definition) is 1. The first-order chi connectivity index (χ1) is 15.0. The zero-order valence-corrected chi connectivity index (χ0v) is 17.3. The van der Waals surface area contributed by atoms with E-state index >= 15 is 0 Å². The average Bonchev–Trinajstić information content (AvgIpc) is 3.28. The number of carbonyl (C=O) groups excluding carboxylic acids is 1. The number of nitrogens with one attached hydrogen (secondary N) is 1. The summed E-state index contributed by atoms with van der Waals surface area (Å²) in [5.74, 6) is 1.17. The molecule has 1 N–H and O–H groups in total. The summed E-state index contributed by atoms with van der Waals surface area (Å²) in [7, 11) is 3.16. The summed E-state index contributed by atoms with van der Waals surface area (Å²) in [6.45, 7) is 1.76. The SMILES string of the molecule is COc1ccc(-c2noc([C@H](C)NC(=O)Cc3nn(C)c(=O)c4ccccc34)n2)cc1. The van der Waals surface area contributed by atoms with Crippen molar-refractivity contribution < 1.29 is 14.1 Å². The number of amides is 1. The van der Waals surface area contributed by atoms with Crippen LogP contribution in [0, 0.1) is 0 Å². The monoisotopic (exact) mass is 419 g/mol. The van der Waals surface area contributed by atoms with Crippen LogP contribution in [-0.4, -0.2) is 32.9 Å². The largest absolute Gasteiger partial charge is 0.497 e. The molecular weight excluding hydrogens is 398 g/mol. The molecule has 0 saturated carbocycles. The van der Waals surface area contributed by atoms with Gasteiger partial charge in [0, 0.05) is 18.0 Å². The number of hydrogen-bond acceptors (Lipinski definition) is 7. The molecule has 0 saturated heterocycles. The van der Waals surface area contributed by atoms with Crippen molar-refractivity contribution in [3.05, 3.63) is 70.5 Å². The third kappa shape index (κ3) is 4.16. The Morgan fingerprint density at radius 1 is 1.16 bits per heavy atom. The summed E-state index contributed by atoms with van der Waals surface area (Å²) in [6, 6.07) is 13.9. The number of fused-ring (bicyclic) bond motifs is 1. The highest BCUT2D eigenvalue weighted by atomic mass is 16.5. The van der Waals surface area contributed by atoms with Crippen LogP contribution in [0.1, 0.15) is 24.6 Å². The zero-order valence-electron chi connectivity index (χ0n) is 17.3. The lowest BCUT2D eigenvalue weighted by Crippen LogP contribution is -2.30. The van der Waals surface area contributed by atoms with Gasteiger partial charge in [-0.3, -0.25) is 9.59 Å². The molecule has 0 bridgehead atoms. The minimum atomic E-state index is -0.495. The lowest BCUT2D eigenvalue weighted by Gasteiger charge is -2.11. The van der Waals surface area contributed by atoms with Crippen LogP contribution < -0.4 is 15.6 Å². The van der Waals surface area contributed by atoms with E-state index in [2.05, 4.69) is 20.6 Å². The number of benzene rings is 2. The fourth-order valence-corrected chi connectivity index (χ4v) is 3.28. The summed E-state index contributed by atoms with van der Waals surface area (Å²) in [6.07, 6.45) is 0.0123. The second-order valence-electron chi connectivity index (χ2n) is 7.07. The number of aryl methyl sites for hydroxylation is 1. The Morgan fingerprint density at radius 3 is 2.58 bits per heavy atom. The maximum Gasteiger partial charge on any atom is 0.274 e. The Morgan fingerprint density at radius 2 is 1.87 bits per heavy atom. The quantitative estimate of drug-likeness (QED) is 0.511. The topological polar surface area (TPSA) is 112 Å². The Labute approximate surface area is 177 Å². The van der Waals surface area contributed by atoms with Gasteiger partial charge in [-0.1, -0.05) is 23.4 Å². The highest BCUT2D eigenvalue weighted by Crippen LogP contribution is 2.21. The predicted octanol–water partition coefficient (Wildman–Crippen LogP) is 2.41. The zero-order chi connectivity index (χ0) is 22.0. The molecule has 9 heteroatoms. The van der Waals surface area contributed by atoms with E-state index in [4.69, 9.17) is 9.26 Å². The van der Waals surface area contributed by atoms with Gasteiger partial charge in [-0.05, 0) is 37.3 Å². The number of carbonyl (C=O) groups is 1. The van der Waals surface area contributed by atoms with Crippen LogP contribution in [0.2, 0.25) is 0 Å². The van der Waals surface area contributed by atoms with E-state index < -0.39 is 6.04 Å². The van der Waals surface area contributed by atoms with Gasteiger partial charge in [-0.25, -0.2) is 4.68 Å². The number of aromatic nitrogens is 4. The second kappa shape index (κ2) is 8.39. The van der Waals surface area contributed by atoms with Crippen LogP contribution in [0.15, 0.2) is 57.8 Å². The van der Waals surface area contributed by atoms with E-state index in [1.165, 1.54) is 4.68 Å². The Balaban J connectivity index is 1.48.